The van der Waals surface area contributed by atoms with Crippen molar-refractivity contribution in [2.45, 2.75) is 92.0 Å². The summed E-state index contributed by atoms with van der Waals surface area (Å²) < 4.78 is 27.9. The van der Waals surface area contributed by atoms with E-state index in [0.717, 1.165) is 61.7 Å². The summed E-state index contributed by atoms with van der Waals surface area (Å²) in [6.45, 7) is 31.5. The van der Waals surface area contributed by atoms with Gasteiger partial charge in [0.05, 0.1) is 36.8 Å². The van der Waals surface area contributed by atoms with Gasteiger partial charge < -0.3 is 35.2 Å². The number of likely N-dealkylation sites (N-methyl/N-ethyl adjacent to an activating group) is 3. The van der Waals surface area contributed by atoms with Gasteiger partial charge in [0, 0.05) is 63.2 Å². The number of amides is 1. The Labute approximate surface area is 326 Å². The minimum absolute atomic E-state index is 0.136. The lowest BCUT2D eigenvalue weighted by Crippen LogP contribution is -2.54. The van der Waals surface area contributed by atoms with Crippen molar-refractivity contribution >= 4 is 18.1 Å². The average molecular weight is 751 g/mol. The lowest BCUT2D eigenvalue weighted by molar-refractivity contribution is -0.118. The largest absolute Gasteiger partial charge is 0.387 e. The summed E-state index contributed by atoms with van der Waals surface area (Å²) in [7, 11) is 5.58. The van der Waals surface area contributed by atoms with Crippen LogP contribution in [0.4, 0.5) is 4.39 Å². The first-order valence-electron chi connectivity index (χ1n) is 20.1. The number of nitrogens with one attached hydrogen (secondary N) is 3. The summed E-state index contributed by atoms with van der Waals surface area (Å²) in [6.07, 6.45) is 8.32. The van der Waals surface area contributed by atoms with Crippen LogP contribution >= 0.6 is 0 Å². The Morgan fingerprint density at radius 2 is 1.65 bits per heavy atom. The highest BCUT2D eigenvalue weighted by Crippen LogP contribution is 2.44. The number of benzene rings is 1. The number of allylic oxidation sites excluding steroid dienone is 2. The SMILES string of the molecule is C=C.C=C1/C=c2/cccc/c2=C/C(C)OC2C(NC)=C(F)C(NC)=C3C(C)C(C(=O)NCCC4CCCN4C)=CN1C32.CC.CC.CCN1CCOCC1. The Morgan fingerprint density at radius 1 is 1.00 bits per heavy atom. The first-order chi connectivity index (χ1) is 26.2. The molecule has 6 rings (SSSR count). The molecule has 4 aliphatic heterocycles. The lowest BCUT2D eigenvalue weighted by Gasteiger charge is -2.48. The van der Waals surface area contributed by atoms with E-state index in [4.69, 9.17) is 9.47 Å². The lowest BCUT2D eigenvalue weighted by atomic mass is 9.76. The molecule has 1 aromatic carbocycles. The van der Waals surface area contributed by atoms with Crippen molar-refractivity contribution in [2.75, 3.05) is 67.1 Å². The quantitative estimate of drug-likeness (QED) is 0.319. The van der Waals surface area contributed by atoms with Gasteiger partial charge in [0.25, 0.3) is 0 Å². The van der Waals surface area contributed by atoms with E-state index >= 15 is 4.39 Å². The van der Waals surface area contributed by atoms with E-state index in [2.05, 4.69) is 65.5 Å². The molecule has 0 spiro atoms. The highest BCUT2D eigenvalue weighted by Gasteiger charge is 2.47. The van der Waals surface area contributed by atoms with Crippen molar-refractivity contribution in [3.8, 4) is 0 Å². The molecule has 0 bridgehead atoms. The molecule has 2 saturated heterocycles. The summed E-state index contributed by atoms with van der Waals surface area (Å²) in [6, 6.07) is 8.16. The number of halogens is 1. The first kappa shape index (κ1) is 46.5. The van der Waals surface area contributed by atoms with E-state index in [-0.39, 0.29) is 17.9 Å². The zero-order chi connectivity index (χ0) is 40.4. The normalized spacial score (nSPS) is 26.3. The number of hydrogen-bond donors (Lipinski definition) is 3. The van der Waals surface area contributed by atoms with Crippen LogP contribution < -0.4 is 26.4 Å². The molecule has 0 saturated carbocycles. The maximum absolute atomic E-state index is 16.1. The number of hydrogen-bond acceptors (Lipinski definition) is 8. The Balaban J connectivity index is 0.000000619. The fourth-order valence-electron chi connectivity index (χ4n) is 7.59. The van der Waals surface area contributed by atoms with Gasteiger partial charge in [-0.1, -0.05) is 72.4 Å². The molecule has 3 N–H and O–H groups in total. The molecule has 2 fully saturated rings. The Morgan fingerprint density at radius 3 is 2.20 bits per heavy atom. The van der Waals surface area contributed by atoms with E-state index in [9.17, 15) is 4.79 Å². The van der Waals surface area contributed by atoms with Gasteiger partial charge in [-0.25, -0.2) is 4.39 Å². The molecule has 5 aliphatic rings. The molecule has 5 atom stereocenters. The average Bonchev–Trinajstić information content (AvgIpc) is 3.62. The van der Waals surface area contributed by atoms with Crippen LogP contribution in [0.1, 0.15) is 67.7 Å². The maximum Gasteiger partial charge on any atom is 0.249 e. The van der Waals surface area contributed by atoms with Crippen LogP contribution in [0.2, 0.25) is 0 Å². The zero-order valence-corrected chi connectivity index (χ0v) is 35.1. The van der Waals surface area contributed by atoms with Gasteiger partial charge >= 0.3 is 0 Å². The summed E-state index contributed by atoms with van der Waals surface area (Å²) in [4.78, 5) is 20.4. The second-order valence-corrected chi connectivity index (χ2v) is 13.3. The third-order valence-corrected chi connectivity index (χ3v) is 10.3. The standard InChI is InChI=1S/C32H42FN5O2.C6H13NO.2C2H6.C2H4/c1-19-16-22-10-7-8-11-23(22)17-20(2)40-31-29(35-5)27(33)28(34-4)26-21(3)25(18-38(19)30(26)31)32(39)36-14-13-24-12-9-15-37(24)6;1-2-7-3-5-8-6-4-7;3*1-2/h7-8,10-11,16-18,20-21,24,30-31,34-35H,1,9,12-15H2,2-6H3,(H,36,39);2-6H2,1H3;2*1-2H3;1-2H2/b22-16-,23-17-;;;;. The van der Waals surface area contributed by atoms with E-state index in [1.165, 1.54) is 13.0 Å². The fraction of sp³-hybridized carbons (Fsp3) is 0.568. The molecule has 10 heteroatoms. The van der Waals surface area contributed by atoms with Crippen LogP contribution in [0.5, 0.6) is 0 Å². The van der Waals surface area contributed by atoms with Crippen molar-refractivity contribution in [3.63, 3.8) is 0 Å². The van der Waals surface area contributed by atoms with Crippen molar-refractivity contribution in [1.29, 1.82) is 0 Å². The number of likely N-dealkylation sites (tertiary alicyclic amines) is 1. The van der Waals surface area contributed by atoms with Crippen LogP contribution in [0, 0.1) is 5.92 Å². The predicted molar refractivity (Wildman–Crippen MR) is 224 cm³/mol. The minimum atomic E-state index is -0.639. The first-order valence-corrected chi connectivity index (χ1v) is 20.1. The Kier molecular flexibility index (Phi) is 20.6. The second-order valence-electron chi connectivity index (χ2n) is 13.3. The van der Waals surface area contributed by atoms with Crippen LogP contribution in [0.3, 0.4) is 0 Å². The Bertz CT molecular complexity index is 1570. The van der Waals surface area contributed by atoms with Gasteiger partial charge in [-0.3, -0.25) is 9.69 Å². The third kappa shape index (κ3) is 11.4. The molecule has 4 heterocycles. The minimum Gasteiger partial charge on any atom is -0.387 e. The summed E-state index contributed by atoms with van der Waals surface area (Å²) >= 11 is 0. The molecule has 0 aromatic heterocycles. The number of morpholine rings is 1. The van der Waals surface area contributed by atoms with E-state index in [1.54, 1.807) is 14.1 Å². The number of fused-ring (bicyclic) bond motifs is 1. The fourth-order valence-corrected chi connectivity index (χ4v) is 7.59. The van der Waals surface area contributed by atoms with E-state index in [1.807, 2.05) is 83.0 Å². The molecule has 1 amide bonds. The summed E-state index contributed by atoms with van der Waals surface area (Å²) in [5, 5.41) is 11.3. The monoisotopic (exact) mass is 751 g/mol. The van der Waals surface area contributed by atoms with Gasteiger partial charge in [-0.15, -0.1) is 13.2 Å². The Hall–Kier alpha value is -3.70. The van der Waals surface area contributed by atoms with Crippen molar-refractivity contribution in [3.05, 3.63) is 94.7 Å². The molecular formula is C44H71FN6O3. The van der Waals surface area contributed by atoms with E-state index < -0.39 is 18.0 Å². The molecule has 1 aliphatic carbocycles. The van der Waals surface area contributed by atoms with Crippen LogP contribution in [0.15, 0.2) is 84.3 Å². The van der Waals surface area contributed by atoms with Crippen molar-refractivity contribution in [1.82, 2.24) is 30.7 Å². The number of carbonyl (C=O) groups is 1. The number of ether oxygens (including phenoxy) is 2. The molecule has 54 heavy (non-hydrogen) atoms. The highest BCUT2D eigenvalue weighted by molar-refractivity contribution is 5.95. The molecule has 1 aromatic rings. The van der Waals surface area contributed by atoms with Gasteiger partial charge in [0.2, 0.25) is 5.91 Å². The number of rotatable bonds is 7. The molecule has 0 radical (unpaired) electrons. The predicted octanol–water partition coefficient (Wildman–Crippen LogP) is 5.43. The van der Waals surface area contributed by atoms with Crippen molar-refractivity contribution in [2.24, 2.45) is 5.92 Å². The maximum atomic E-state index is 16.1. The third-order valence-electron chi connectivity index (χ3n) is 10.3. The van der Waals surface area contributed by atoms with E-state index in [0.29, 0.717) is 35.3 Å². The van der Waals surface area contributed by atoms with Crippen LogP contribution in [-0.4, -0.2) is 112 Å². The molecular weight excluding hydrogens is 680 g/mol. The summed E-state index contributed by atoms with van der Waals surface area (Å²) in [5.41, 5.74) is 2.82. The van der Waals surface area contributed by atoms with Crippen LogP contribution in [0.25, 0.3) is 12.2 Å². The zero-order valence-electron chi connectivity index (χ0n) is 35.1. The van der Waals surface area contributed by atoms with Gasteiger partial charge in [0.15, 0.2) is 5.83 Å². The smallest absolute Gasteiger partial charge is 0.249 e. The van der Waals surface area contributed by atoms with Gasteiger partial charge in [-0.05, 0) is 74.5 Å². The topological polar surface area (TPSA) is 81.3 Å². The molecule has 5 unspecified atom stereocenters. The van der Waals surface area contributed by atoms with Gasteiger partial charge in [-0.2, -0.15) is 0 Å². The molecule has 302 valence electrons. The summed E-state index contributed by atoms with van der Waals surface area (Å²) in [5.74, 6) is -0.864. The highest BCUT2D eigenvalue weighted by atomic mass is 19.1. The van der Waals surface area contributed by atoms with Gasteiger partial charge in [0.1, 0.15) is 6.10 Å². The molecule has 9 nitrogen and oxygen atoms in total. The second kappa shape index (κ2) is 23.9. The number of nitrogens with zero attached hydrogens (tertiary/aromatic N) is 3. The van der Waals surface area contributed by atoms with Crippen LogP contribution in [-0.2, 0) is 14.3 Å². The van der Waals surface area contributed by atoms with Crippen molar-refractivity contribution < 1.29 is 18.7 Å². The number of carbonyl (C=O) groups excluding carboxylic acids is 1.